The quantitative estimate of drug-likeness (QED) is 0.763. The lowest BCUT2D eigenvalue weighted by Crippen LogP contribution is -2.42. The van der Waals surface area contributed by atoms with Gasteiger partial charge in [0.25, 0.3) is 0 Å². The van der Waals surface area contributed by atoms with E-state index >= 15 is 0 Å². The molecule has 0 bridgehead atoms. The van der Waals surface area contributed by atoms with E-state index in [1.165, 1.54) is 33.3 Å². The molecule has 1 aromatic rings. The fourth-order valence-electron chi connectivity index (χ4n) is 1.66. The minimum atomic E-state index is -0.985. The van der Waals surface area contributed by atoms with Crippen LogP contribution in [0, 0.1) is 0 Å². The van der Waals surface area contributed by atoms with Crippen LogP contribution in [0.3, 0.4) is 0 Å². The summed E-state index contributed by atoms with van der Waals surface area (Å²) in [6.45, 7) is 1.24. The first kappa shape index (κ1) is 19.5. The molecule has 1 aromatic carbocycles. The number of benzene rings is 1. The molecule has 1 amide bonds. The molecule has 0 aliphatic carbocycles. The summed E-state index contributed by atoms with van der Waals surface area (Å²) in [4.78, 5) is 46.1. The number of hydrogen-bond donors (Lipinski definition) is 1. The van der Waals surface area contributed by atoms with Crippen molar-refractivity contribution in [3.8, 4) is 5.75 Å². The van der Waals surface area contributed by atoms with Crippen molar-refractivity contribution < 1.29 is 33.4 Å². The lowest BCUT2D eigenvalue weighted by molar-refractivity contribution is -0.144. The second-order valence-electron chi connectivity index (χ2n) is 4.43. The summed E-state index contributed by atoms with van der Waals surface area (Å²) in [6, 6.07) is 5.10. The van der Waals surface area contributed by atoms with Gasteiger partial charge in [-0.1, -0.05) is 12.1 Å². The zero-order chi connectivity index (χ0) is 18.1. The molecule has 1 atom stereocenters. The molecule has 0 saturated heterocycles. The fourth-order valence-corrected chi connectivity index (χ4v) is 2.33. The summed E-state index contributed by atoms with van der Waals surface area (Å²) in [7, 11) is 2.39. The Morgan fingerprint density at radius 3 is 2.38 bits per heavy atom. The molecule has 8 nitrogen and oxygen atoms in total. The van der Waals surface area contributed by atoms with Gasteiger partial charge in [-0.15, -0.1) is 0 Å². The highest BCUT2D eigenvalue weighted by molar-refractivity contribution is 8.13. The van der Waals surface area contributed by atoms with Gasteiger partial charge in [-0.25, -0.2) is 14.4 Å². The molecule has 24 heavy (non-hydrogen) atoms. The Labute approximate surface area is 142 Å². The van der Waals surface area contributed by atoms with Gasteiger partial charge in [0.15, 0.2) is 0 Å². The standard InChI is InChI=1S/C15H17NO7S/c1-9(17)16-11(14(19)22-3)8-24-15(20)23-12-7-5-4-6-10(12)13(18)21-2/h4-7,11H,8H2,1-3H3,(H,16,17). The van der Waals surface area contributed by atoms with Crippen LogP contribution in [0.25, 0.3) is 0 Å². The molecule has 1 N–H and O–H groups in total. The van der Waals surface area contributed by atoms with E-state index < -0.39 is 29.2 Å². The van der Waals surface area contributed by atoms with E-state index in [1.54, 1.807) is 12.1 Å². The van der Waals surface area contributed by atoms with Crippen molar-refractivity contribution in [3.05, 3.63) is 29.8 Å². The first-order chi connectivity index (χ1) is 11.4. The third kappa shape index (κ3) is 5.92. The minimum Gasteiger partial charge on any atom is -0.467 e. The normalized spacial score (nSPS) is 11.1. The van der Waals surface area contributed by atoms with E-state index in [0.29, 0.717) is 11.8 Å². The molecule has 0 saturated carbocycles. The molecule has 0 aliphatic rings. The van der Waals surface area contributed by atoms with Gasteiger partial charge >= 0.3 is 17.2 Å². The van der Waals surface area contributed by atoms with Crippen molar-refractivity contribution in [2.45, 2.75) is 13.0 Å². The maximum Gasteiger partial charge on any atom is 0.372 e. The molecule has 0 radical (unpaired) electrons. The van der Waals surface area contributed by atoms with Gasteiger partial charge in [0.1, 0.15) is 17.4 Å². The molecule has 9 heteroatoms. The lowest BCUT2D eigenvalue weighted by atomic mass is 10.2. The van der Waals surface area contributed by atoms with E-state index in [-0.39, 0.29) is 17.1 Å². The van der Waals surface area contributed by atoms with E-state index in [0.717, 1.165) is 0 Å². The van der Waals surface area contributed by atoms with Crippen LogP contribution in [0.4, 0.5) is 4.79 Å². The predicted octanol–water partition coefficient (Wildman–Crippen LogP) is 1.38. The van der Waals surface area contributed by atoms with Gasteiger partial charge in [0, 0.05) is 12.7 Å². The Kier molecular flexibility index (Phi) is 7.76. The van der Waals surface area contributed by atoms with Crippen molar-refractivity contribution in [1.29, 1.82) is 0 Å². The second-order valence-corrected chi connectivity index (χ2v) is 5.38. The third-order valence-electron chi connectivity index (χ3n) is 2.72. The summed E-state index contributed by atoms with van der Waals surface area (Å²) in [5, 5.41) is 1.63. The Bertz CT molecular complexity index is 632. The first-order valence-corrected chi connectivity index (χ1v) is 7.74. The van der Waals surface area contributed by atoms with Gasteiger partial charge in [0.2, 0.25) is 5.91 Å². The molecule has 0 fully saturated rings. The molecule has 130 valence electrons. The number of para-hydroxylation sites is 1. The van der Waals surface area contributed by atoms with Crippen LogP contribution in [-0.4, -0.2) is 49.2 Å². The lowest BCUT2D eigenvalue weighted by Gasteiger charge is -2.14. The molecule has 1 rings (SSSR count). The van der Waals surface area contributed by atoms with Crippen LogP contribution in [0.5, 0.6) is 5.75 Å². The van der Waals surface area contributed by atoms with Crippen LogP contribution in [0.15, 0.2) is 24.3 Å². The second kappa shape index (κ2) is 9.56. The van der Waals surface area contributed by atoms with Crippen molar-refractivity contribution in [2.24, 2.45) is 0 Å². The summed E-state index contributed by atoms with van der Waals surface area (Å²) < 4.78 is 14.2. The monoisotopic (exact) mass is 355 g/mol. The summed E-state index contributed by atoms with van der Waals surface area (Å²) >= 11 is 0.664. The number of ether oxygens (including phenoxy) is 3. The van der Waals surface area contributed by atoms with Crippen LogP contribution in [0.2, 0.25) is 0 Å². The Hall–Kier alpha value is -2.55. The van der Waals surface area contributed by atoms with Gasteiger partial charge in [-0.2, -0.15) is 0 Å². The number of carbonyl (C=O) groups excluding carboxylic acids is 4. The molecule has 0 aromatic heterocycles. The number of thioether (sulfide) groups is 1. The maximum absolute atomic E-state index is 11.9. The summed E-state index contributed by atoms with van der Waals surface area (Å²) in [5.74, 6) is -1.80. The molecule has 0 aliphatic heterocycles. The van der Waals surface area contributed by atoms with Gasteiger partial charge in [-0.05, 0) is 23.9 Å². The number of esters is 2. The van der Waals surface area contributed by atoms with Crippen LogP contribution >= 0.6 is 11.8 Å². The Morgan fingerprint density at radius 1 is 1.12 bits per heavy atom. The zero-order valence-electron chi connectivity index (χ0n) is 13.4. The highest BCUT2D eigenvalue weighted by Gasteiger charge is 2.23. The SMILES string of the molecule is COC(=O)c1ccccc1OC(=O)SCC(NC(C)=O)C(=O)OC. The van der Waals surface area contributed by atoms with Crippen LogP contribution < -0.4 is 10.1 Å². The van der Waals surface area contributed by atoms with E-state index in [2.05, 4.69) is 14.8 Å². The molecular formula is C15H17NO7S. The Morgan fingerprint density at radius 2 is 1.79 bits per heavy atom. The molecule has 0 spiro atoms. The van der Waals surface area contributed by atoms with Crippen molar-refractivity contribution in [1.82, 2.24) is 5.32 Å². The molecular weight excluding hydrogens is 338 g/mol. The maximum atomic E-state index is 11.9. The van der Waals surface area contributed by atoms with E-state index in [9.17, 15) is 19.2 Å². The number of nitrogens with one attached hydrogen (secondary N) is 1. The zero-order valence-corrected chi connectivity index (χ0v) is 14.2. The van der Waals surface area contributed by atoms with Crippen molar-refractivity contribution in [2.75, 3.05) is 20.0 Å². The molecule has 0 heterocycles. The minimum absolute atomic E-state index is 0.0380. The first-order valence-electron chi connectivity index (χ1n) is 6.76. The largest absolute Gasteiger partial charge is 0.467 e. The fraction of sp³-hybridized carbons (Fsp3) is 0.333. The third-order valence-corrected chi connectivity index (χ3v) is 3.54. The van der Waals surface area contributed by atoms with Crippen LogP contribution in [0.1, 0.15) is 17.3 Å². The van der Waals surface area contributed by atoms with E-state index in [4.69, 9.17) is 4.74 Å². The molecule has 1 unspecified atom stereocenters. The van der Waals surface area contributed by atoms with Gasteiger partial charge in [-0.3, -0.25) is 4.79 Å². The summed E-state index contributed by atoms with van der Waals surface area (Å²) in [6.07, 6.45) is 0. The average molecular weight is 355 g/mol. The number of carbonyl (C=O) groups is 4. The van der Waals surface area contributed by atoms with Crippen LogP contribution in [-0.2, 0) is 19.1 Å². The van der Waals surface area contributed by atoms with Crippen molar-refractivity contribution >= 4 is 34.9 Å². The highest BCUT2D eigenvalue weighted by atomic mass is 32.2. The number of methoxy groups -OCH3 is 2. The van der Waals surface area contributed by atoms with Gasteiger partial charge in [0.05, 0.1) is 14.2 Å². The van der Waals surface area contributed by atoms with Gasteiger partial charge < -0.3 is 19.5 Å². The predicted molar refractivity (Wildman–Crippen MR) is 85.9 cm³/mol. The Balaban J connectivity index is 2.71. The number of hydrogen-bond acceptors (Lipinski definition) is 8. The number of rotatable bonds is 6. The van der Waals surface area contributed by atoms with E-state index in [1.807, 2.05) is 0 Å². The highest BCUT2D eigenvalue weighted by Crippen LogP contribution is 2.21. The average Bonchev–Trinajstić information content (AvgIpc) is 2.57. The number of amides is 1. The topological polar surface area (TPSA) is 108 Å². The summed E-state index contributed by atoms with van der Waals surface area (Å²) in [5.41, 5.74) is 0.0975. The van der Waals surface area contributed by atoms with Crippen molar-refractivity contribution in [3.63, 3.8) is 0 Å². The smallest absolute Gasteiger partial charge is 0.372 e.